The first-order valence-corrected chi connectivity index (χ1v) is 26.5. The number of benzene rings is 3. The predicted molar refractivity (Wildman–Crippen MR) is 276 cm³/mol. The summed E-state index contributed by atoms with van der Waals surface area (Å²) in [5.74, 6) is -1.49. The zero-order chi connectivity index (χ0) is 52.1. The van der Waals surface area contributed by atoms with E-state index in [1.54, 1.807) is 45.1 Å². The van der Waals surface area contributed by atoms with E-state index >= 15 is 0 Å². The molecule has 384 valence electrons. The summed E-state index contributed by atoms with van der Waals surface area (Å²) >= 11 is 12.8. The molecule has 73 heavy (non-hydrogen) atoms. The van der Waals surface area contributed by atoms with Crippen LogP contribution in [0, 0.1) is 18.3 Å². The fraction of sp³-hybridized carbons (Fsp3) is 0.408. The SMILES string of the molecule is BOC(=O)C1=C(CC23CCC[C@H]2CN(C(=O)c2ccc(OCc4ccc(OC)cc4)c(OCc4ccc(OC)cc4)c2Cl)CC3)C[S+]([O-])[C@@H]2[C@H](NC(=O)/C(=N\O[C@H](CC)C(=O)OB)c3nc(C)sc3Cl)C(=O)N12. The summed E-state index contributed by atoms with van der Waals surface area (Å²) in [7, 11) is 5.58. The number of nitrogens with one attached hydrogen (secondary N) is 1. The number of β-lactam (4-membered cyclic amide) rings is 1. The molecule has 4 heterocycles. The summed E-state index contributed by atoms with van der Waals surface area (Å²) in [6.45, 7) is 4.42. The van der Waals surface area contributed by atoms with Crippen LogP contribution in [-0.2, 0) is 57.7 Å². The Balaban J connectivity index is 0.997. The zero-order valence-corrected chi connectivity index (χ0v) is 44.2. The molecule has 3 aliphatic heterocycles. The Morgan fingerprint density at radius 2 is 1.64 bits per heavy atom. The molecule has 6 atom stereocenters. The minimum absolute atomic E-state index is 0.00820. The minimum Gasteiger partial charge on any atom is -0.614 e. The molecule has 2 saturated heterocycles. The molecular formula is C49H53B2Cl2N5O13S2. The first-order chi connectivity index (χ1) is 35.1. The van der Waals surface area contributed by atoms with Gasteiger partial charge < -0.3 is 47.9 Å². The molecule has 8 rings (SSSR count). The largest absolute Gasteiger partial charge is 0.614 e. The van der Waals surface area contributed by atoms with Gasteiger partial charge in [-0.15, -0.1) is 11.3 Å². The number of amides is 3. The molecular weight excluding hydrogens is 1020 g/mol. The second-order valence-electron chi connectivity index (χ2n) is 18.0. The standard InChI is InChI=1S/C49H53B2Cl2N5O13S2/c1-5-34(47(62)69-50)71-56-38(37-42(53)72-26(2)54-37)43(59)55-39-45(61)58-40(48(63)70-51)29(25-73(64)46(39)58)21-49-18-6-7-30(49)22-57(20-19-49)44(60)33-16-17-35(67-23-27-8-12-31(65-3)13-9-27)41(36(33)52)68-24-28-10-14-32(66-4)15-11-28/h8-17,30,34,39,46H,5-7,18-25,50-51H2,1-4H3,(H,55,59)/b56-38-/t30-,34+,39+,46+,49?,73?/m0/s1. The summed E-state index contributed by atoms with van der Waals surface area (Å²) < 4.78 is 47.6. The van der Waals surface area contributed by atoms with Crippen LogP contribution in [0.5, 0.6) is 23.0 Å². The lowest BCUT2D eigenvalue weighted by Gasteiger charge is -2.51. The molecule has 3 amide bonds. The van der Waals surface area contributed by atoms with Crippen LogP contribution in [-0.4, -0.2) is 121 Å². The lowest BCUT2D eigenvalue weighted by atomic mass is 9.68. The Morgan fingerprint density at radius 1 is 0.973 bits per heavy atom. The number of thiazole rings is 1. The molecule has 1 aromatic heterocycles. The maximum absolute atomic E-state index is 14.6. The van der Waals surface area contributed by atoms with Gasteiger partial charge in [0.1, 0.15) is 46.2 Å². The van der Waals surface area contributed by atoms with Gasteiger partial charge in [-0.2, -0.15) is 0 Å². The Kier molecular flexibility index (Phi) is 16.9. The van der Waals surface area contributed by atoms with E-state index in [-0.39, 0.29) is 69.3 Å². The van der Waals surface area contributed by atoms with E-state index in [0.717, 1.165) is 46.6 Å². The molecule has 3 aromatic carbocycles. The maximum Gasteiger partial charge on any atom is 0.337 e. The van der Waals surface area contributed by atoms with Crippen molar-refractivity contribution in [1.82, 2.24) is 20.1 Å². The van der Waals surface area contributed by atoms with Crippen LogP contribution >= 0.6 is 34.5 Å². The van der Waals surface area contributed by atoms with Crippen molar-refractivity contribution in [3.05, 3.63) is 109 Å². The number of nitrogens with zero attached hydrogens (tertiary/aromatic N) is 4. The van der Waals surface area contributed by atoms with Crippen LogP contribution in [0.15, 0.2) is 77.1 Å². The molecule has 1 aliphatic carbocycles. The zero-order valence-electron chi connectivity index (χ0n) is 41.0. The number of aromatic nitrogens is 1. The highest BCUT2D eigenvalue weighted by molar-refractivity contribution is 7.92. The number of carbonyl (C=O) groups excluding carboxylic acids is 5. The number of aryl methyl sites for hydroxylation is 1. The van der Waals surface area contributed by atoms with Gasteiger partial charge in [0.05, 0.1) is 29.8 Å². The number of halogens is 2. The third kappa shape index (κ3) is 11.1. The second kappa shape index (κ2) is 23.1. The number of piperidine rings is 1. The van der Waals surface area contributed by atoms with Crippen molar-refractivity contribution in [2.24, 2.45) is 16.5 Å². The molecule has 24 heteroatoms. The van der Waals surface area contributed by atoms with Crippen molar-refractivity contribution in [3.63, 3.8) is 0 Å². The number of hydrogen-bond acceptors (Lipinski definition) is 16. The van der Waals surface area contributed by atoms with Gasteiger partial charge in [0.2, 0.25) is 11.5 Å². The highest BCUT2D eigenvalue weighted by Crippen LogP contribution is 2.55. The van der Waals surface area contributed by atoms with Crippen molar-refractivity contribution in [3.8, 4) is 23.0 Å². The lowest BCUT2D eigenvalue weighted by Crippen LogP contribution is -2.75. The van der Waals surface area contributed by atoms with E-state index in [2.05, 4.69) is 15.5 Å². The third-order valence-electron chi connectivity index (χ3n) is 13.8. The summed E-state index contributed by atoms with van der Waals surface area (Å²) in [6.07, 6.45) is 2.33. The van der Waals surface area contributed by atoms with Gasteiger partial charge in [-0.3, -0.25) is 19.3 Å². The fourth-order valence-corrected chi connectivity index (χ4v) is 13.0. The van der Waals surface area contributed by atoms with Crippen LogP contribution < -0.4 is 24.3 Å². The molecule has 1 saturated carbocycles. The Morgan fingerprint density at radius 3 is 2.25 bits per heavy atom. The smallest absolute Gasteiger partial charge is 0.337 e. The maximum atomic E-state index is 14.6. The molecule has 0 bridgehead atoms. The molecule has 4 aliphatic rings. The van der Waals surface area contributed by atoms with Crippen molar-refractivity contribution in [2.45, 2.75) is 83.1 Å². The topological polar surface area (TPSA) is 217 Å². The summed E-state index contributed by atoms with van der Waals surface area (Å²) in [5, 5.41) is 6.06. The summed E-state index contributed by atoms with van der Waals surface area (Å²) in [5.41, 5.74) is 1.61. The van der Waals surface area contributed by atoms with E-state index in [1.807, 2.05) is 48.5 Å². The first kappa shape index (κ1) is 53.4. The molecule has 18 nitrogen and oxygen atoms in total. The Hall–Kier alpha value is -5.93. The molecule has 3 fully saturated rings. The molecule has 4 aromatic rings. The average molecular weight is 1080 g/mol. The molecule has 2 unspecified atom stereocenters. The van der Waals surface area contributed by atoms with Crippen LogP contribution in [0.25, 0.3) is 0 Å². The quantitative estimate of drug-likeness (QED) is 0.0430. The van der Waals surface area contributed by atoms with Crippen molar-refractivity contribution in [2.75, 3.05) is 33.1 Å². The highest BCUT2D eigenvalue weighted by atomic mass is 35.5. The van der Waals surface area contributed by atoms with Gasteiger partial charge in [0.15, 0.2) is 23.3 Å². The summed E-state index contributed by atoms with van der Waals surface area (Å²) in [6, 6.07) is 16.9. The predicted octanol–water partition coefficient (Wildman–Crippen LogP) is 5.01. The number of likely N-dealkylation sites (tertiary alicyclic amines) is 1. The van der Waals surface area contributed by atoms with Crippen molar-refractivity contribution in [1.29, 1.82) is 0 Å². The van der Waals surface area contributed by atoms with Crippen LogP contribution in [0.1, 0.15) is 77.6 Å². The van der Waals surface area contributed by atoms with E-state index in [9.17, 15) is 28.5 Å². The van der Waals surface area contributed by atoms with E-state index in [0.29, 0.717) is 53.8 Å². The summed E-state index contributed by atoms with van der Waals surface area (Å²) in [4.78, 5) is 81.3. The first-order valence-electron chi connectivity index (χ1n) is 23.5. The van der Waals surface area contributed by atoms with Crippen molar-refractivity contribution >= 4 is 97.2 Å². The minimum atomic E-state index is -1.79. The van der Waals surface area contributed by atoms with Crippen LogP contribution in [0.2, 0.25) is 9.36 Å². The number of fused-ring (bicyclic) bond motifs is 2. The van der Waals surface area contributed by atoms with Gasteiger partial charge in [0.25, 0.3) is 17.7 Å². The normalized spacial score (nSPS) is 21.8. The molecule has 1 N–H and O–H groups in total. The third-order valence-corrected chi connectivity index (χ3v) is 17.0. The van der Waals surface area contributed by atoms with Gasteiger partial charge in [-0.05, 0) is 109 Å². The number of oxime groups is 1. The Labute approximate surface area is 441 Å². The van der Waals surface area contributed by atoms with E-state index < -0.39 is 63.6 Å². The monoisotopic (exact) mass is 1080 g/mol. The number of ether oxygens (including phenoxy) is 4. The number of rotatable bonds is 19. The van der Waals surface area contributed by atoms with Gasteiger partial charge in [0, 0.05) is 18.7 Å². The van der Waals surface area contributed by atoms with Gasteiger partial charge in [-0.25, -0.2) is 14.6 Å². The van der Waals surface area contributed by atoms with Crippen molar-refractivity contribution < 1.29 is 61.6 Å². The van der Waals surface area contributed by atoms with Gasteiger partial charge in [-0.1, -0.05) is 66.0 Å². The number of hydrogen-bond donors (Lipinski definition) is 1. The average Bonchev–Trinajstić information content (AvgIpc) is 3.98. The van der Waals surface area contributed by atoms with Gasteiger partial charge >= 0.3 is 28.0 Å². The lowest BCUT2D eigenvalue weighted by molar-refractivity contribution is -0.149. The molecule has 0 radical (unpaired) electrons. The number of methoxy groups -OCH3 is 2. The molecule has 0 spiro atoms. The van der Waals surface area contributed by atoms with E-state index in [4.69, 9.17) is 56.3 Å². The fourth-order valence-electron chi connectivity index (χ4n) is 9.91. The Bertz CT molecular complexity index is 2820. The van der Waals surface area contributed by atoms with Crippen LogP contribution in [0.3, 0.4) is 0 Å². The van der Waals surface area contributed by atoms with E-state index in [1.165, 1.54) is 16.1 Å². The van der Waals surface area contributed by atoms with Crippen LogP contribution in [0.4, 0.5) is 0 Å². The number of carbonyl (C=O) groups is 5. The second-order valence-corrected chi connectivity index (χ2v) is 21.7. The highest BCUT2D eigenvalue weighted by Gasteiger charge is 2.62.